The standard InChI is InChI=1S/C15H25N3O/c1-3-8-16-15-7-4-13(11-17-15)12-18(9-10-19-2)14-5-6-14/h4,7,11,14H,3,5-6,8-10,12H2,1-2H3,(H,16,17). The predicted octanol–water partition coefficient (Wildman–Crippen LogP) is 2.51. The van der Waals surface area contributed by atoms with Gasteiger partial charge in [-0.1, -0.05) is 13.0 Å². The third-order valence-corrected chi connectivity index (χ3v) is 3.41. The van der Waals surface area contributed by atoms with Gasteiger partial charge < -0.3 is 10.1 Å². The summed E-state index contributed by atoms with van der Waals surface area (Å²) < 4.78 is 5.18. The van der Waals surface area contributed by atoms with Crippen molar-refractivity contribution in [2.75, 3.05) is 32.1 Å². The first-order chi connectivity index (χ1) is 9.33. The van der Waals surface area contributed by atoms with Crippen LogP contribution in [0.2, 0.25) is 0 Å². The van der Waals surface area contributed by atoms with Crippen LogP contribution in [-0.2, 0) is 11.3 Å². The molecule has 1 aliphatic rings. The second-order valence-corrected chi connectivity index (χ2v) is 5.17. The summed E-state index contributed by atoms with van der Waals surface area (Å²) >= 11 is 0. The number of anilines is 1. The Bertz CT molecular complexity index is 362. The first-order valence-corrected chi connectivity index (χ1v) is 7.25. The van der Waals surface area contributed by atoms with Crippen molar-refractivity contribution in [2.24, 2.45) is 0 Å². The van der Waals surface area contributed by atoms with Crippen molar-refractivity contribution < 1.29 is 4.74 Å². The van der Waals surface area contributed by atoms with Crippen molar-refractivity contribution in [3.05, 3.63) is 23.9 Å². The lowest BCUT2D eigenvalue weighted by Gasteiger charge is -2.21. The highest BCUT2D eigenvalue weighted by Crippen LogP contribution is 2.28. The van der Waals surface area contributed by atoms with Gasteiger partial charge in [-0.3, -0.25) is 4.90 Å². The monoisotopic (exact) mass is 263 g/mol. The number of nitrogens with one attached hydrogen (secondary N) is 1. The number of methoxy groups -OCH3 is 1. The molecule has 1 aromatic heterocycles. The Balaban J connectivity index is 1.86. The minimum absolute atomic E-state index is 0.757. The number of ether oxygens (including phenoxy) is 1. The molecule has 0 bridgehead atoms. The molecule has 0 unspecified atom stereocenters. The van der Waals surface area contributed by atoms with Gasteiger partial charge in [-0.2, -0.15) is 0 Å². The van der Waals surface area contributed by atoms with Gasteiger partial charge in [0, 0.05) is 39.0 Å². The Labute approximate surface area is 116 Å². The molecule has 1 aromatic rings. The normalized spacial score (nSPS) is 14.9. The number of hydrogen-bond acceptors (Lipinski definition) is 4. The third-order valence-electron chi connectivity index (χ3n) is 3.41. The van der Waals surface area contributed by atoms with E-state index >= 15 is 0 Å². The fourth-order valence-electron chi connectivity index (χ4n) is 2.15. The molecule has 4 heteroatoms. The molecule has 0 spiro atoms. The fraction of sp³-hybridized carbons (Fsp3) is 0.667. The molecule has 0 amide bonds. The summed E-state index contributed by atoms with van der Waals surface area (Å²) in [5.41, 5.74) is 1.28. The summed E-state index contributed by atoms with van der Waals surface area (Å²) in [7, 11) is 1.76. The van der Waals surface area contributed by atoms with Crippen molar-refractivity contribution in [3.63, 3.8) is 0 Å². The van der Waals surface area contributed by atoms with Crippen LogP contribution in [-0.4, -0.2) is 42.7 Å². The predicted molar refractivity (Wildman–Crippen MR) is 78.3 cm³/mol. The van der Waals surface area contributed by atoms with Crippen LogP contribution in [0.4, 0.5) is 5.82 Å². The molecule has 0 atom stereocenters. The van der Waals surface area contributed by atoms with Gasteiger partial charge >= 0.3 is 0 Å². The zero-order valence-electron chi connectivity index (χ0n) is 12.1. The largest absolute Gasteiger partial charge is 0.383 e. The molecular formula is C15H25N3O. The Morgan fingerprint density at radius 3 is 2.84 bits per heavy atom. The van der Waals surface area contributed by atoms with E-state index in [1.807, 2.05) is 6.20 Å². The Kier molecular flexibility index (Phi) is 5.61. The summed E-state index contributed by atoms with van der Waals surface area (Å²) in [6, 6.07) is 5.01. The molecule has 0 aliphatic heterocycles. The molecular weight excluding hydrogens is 238 g/mol. The SMILES string of the molecule is CCCNc1ccc(CN(CCOC)C2CC2)cn1. The van der Waals surface area contributed by atoms with E-state index in [2.05, 4.69) is 34.3 Å². The van der Waals surface area contributed by atoms with Crippen molar-refractivity contribution in [2.45, 2.75) is 38.8 Å². The molecule has 1 saturated carbocycles. The van der Waals surface area contributed by atoms with Gasteiger partial charge in [-0.05, 0) is 30.9 Å². The van der Waals surface area contributed by atoms with Crippen LogP contribution in [0.5, 0.6) is 0 Å². The van der Waals surface area contributed by atoms with E-state index < -0.39 is 0 Å². The van der Waals surface area contributed by atoms with Crippen LogP contribution in [0.25, 0.3) is 0 Å². The van der Waals surface area contributed by atoms with Crippen molar-refractivity contribution in [1.29, 1.82) is 0 Å². The maximum Gasteiger partial charge on any atom is 0.125 e. The van der Waals surface area contributed by atoms with Gasteiger partial charge in [0.15, 0.2) is 0 Å². The molecule has 4 nitrogen and oxygen atoms in total. The smallest absolute Gasteiger partial charge is 0.125 e. The van der Waals surface area contributed by atoms with Crippen LogP contribution in [0, 0.1) is 0 Å². The zero-order chi connectivity index (χ0) is 13.5. The first-order valence-electron chi connectivity index (χ1n) is 7.25. The maximum absolute atomic E-state index is 5.18. The first kappa shape index (κ1) is 14.3. The second kappa shape index (κ2) is 7.46. The molecule has 0 aromatic carbocycles. The Morgan fingerprint density at radius 2 is 2.26 bits per heavy atom. The average molecular weight is 263 g/mol. The number of rotatable bonds is 9. The molecule has 0 radical (unpaired) electrons. The summed E-state index contributed by atoms with van der Waals surface area (Å²) in [4.78, 5) is 6.96. The zero-order valence-corrected chi connectivity index (χ0v) is 12.1. The molecule has 106 valence electrons. The van der Waals surface area contributed by atoms with E-state index in [4.69, 9.17) is 4.74 Å². The molecule has 0 saturated heterocycles. The van der Waals surface area contributed by atoms with Crippen LogP contribution < -0.4 is 5.32 Å². The van der Waals surface area contributed by atoms with Gasteiger partial charge in [-0.15, -0.1) is 0 Å². The van der Waals surface area contributed by atoms with Gasteiger partial charge in [0.25, 0.3) is 0 Å². The molecule has 1 aliphatic carbocycles. The number of aromatic nitrogens is 1. The van der Waals surface area contributed by atoms with Crippen molar-refractivity contribution in [1.82, 2.24) is 9.88 Å². The van der Waals surface area contributed by atoms with E-state index in [0.29, 0.717) is 0 Å². The van der Waals surface area contributed by atoms with Crippen LogP contribution in [0.3, 0.4) is 0 Å². The highest BCUT2D eigenvalue weighted by molar-refractivity contribution is 5.35. The molecule has 1 fully saturated rings. The Morgan fingerprint density at radius 1 is 1.42 bits per heavy atom. The lowest BCUT2D eigenvalue weighted by Crippen LogP contribution is -2.29. The molecule has 2 rings (SSSR count). The minimum atomic E-state index is 0.757. The summed E-state index contributed by atoms with van der Waals surface area (Å²) in [6.07, 6.45) is 5.76. The van der Waals surface area contributed by atoms with E-state index in [0.717, 1.165) is 44.5 Å². The van der Waals surface area contributed by atoms with Crippen LogP contribution in [0.15, 0.2) is 18.3 Å². The summed E-state index contributed by atoms with van der Waals surface area (Å²) in [6.45, 7) is 5.94. The number of nitrogens with zero attached hydrogens (tertiary/aromatic N) is 2. The summed E-state index contributed by atoms with van der Waals surface area (Å²) in [5, 5.41) is 3.30. The van der Waals surface area contributed by atoms with Crippen molar-refractivity contribution in [3.8, 4) is 0 Å². The van der Waals surface area contributed by atoms with Gasteiger partial charge in [0.1, 0.15) is 5.82 Å². The fourth-order valence-corrected chi connectivity index (χ4v) is 2.15. The number of hydrogen-bond donors (Lipinski definition) is 1. The van der Waals surface area contributed by atoms with Gasteiger partial charge in [0.2, 0.25) is 0 Å². The maximum atomic E-state index is 5.18. The quantitative estimate of drug-likeness (QED) is 0.743. The number of pyridine rings is 1. The molecule has 1 heterocycles. The third kappa shape index (κ3) is 4.80. The van der Waals surface area contributed by atoms with Gasteiger partial charge in [0.05, 0.1) is 6.61 Å². The average Bonchev–Trinajstić information content (AvgIpc) is 3.27. The minimum Gasteiger partial charge on any atom is -0.383 e. The lowest BCUT2D eigenvalue weighted by atomic mass is 10.2. The summed E-state index contributed by atoms with van der Waals surface area (Å²) in [5.74, 6) is 0.973. The highest BCUT2D eigenvalue weighted by atomic mass is 16.5. The van der Waals surface area contributed by atoms with E-state index in [-0.39, 0.29) is 0 Å². The van der Waals surface area contributed by atoms with Gasteiger partial charge in [-0.25, -0.2) is 4.98 Å². The second-order valence-electron chi connectivity index (χ2n) is 5.17. The Hall–Kier alpha value is -1.13. The van der Waals surface area contributed by atoms with E-state index in [1.54, 1.807) is 7.11 Å². The van der Waals surface area contributed by atoms with Crippen LogP contribution in [0.1, 0.15) is 31.7 Å². The van der Waals surface area contributed by atoms with Crippen molar-refractivity contribution >= 4 is 5.82 Å². The topological polar surface area (TPSA) is 37.4 Å². The van der Waals surface area contributed by atoms with Crippen LogP contribution >= 0.6 is 0 Å². The molecule has 1 N–H and O–H groups in total. The van der Waals surface area contributed by atoms with E-state index in [9.17, 15) is 0 Å². The molecule has 19 heavy (non-hydrogen) atoms. The lowest BCUT2D eigenvalue weighted by molar-refractivity contribution is 0.139. The highest BCUT2D eigenvalue weighted by Gasteiger charge is 2.28. The van der Waals surface area contributed by atoms with E-state index in [1.165, 1.54) is 18.4 Å².